The minimum absolute atomic E-state index is 0.125. The Morgan fingerprint density at radius 1 is 1.28 bits per heavy atom. The average molecular weight is 481 g/mol. The number of nitrogens with one attached hydrogen (secondary N) is 1. The van der Waals surface area contributed by atoms with Crippen LogP contribution >= 0.6 is 11.8 Å². The minimum Gasteiger partial charge on any atom is -0.477 e. The first-order chi connectivity index (χ1) is 15.3. The summed E-state index contributed by atoms with van der Waals surface area (Å²) in [7, 11) is -4.16. The van der Waals surface area contributed by atoms with Gasteiger partial charge < -0.3 is 20.0 Å². The van der Waals surface area contributed by atoms with Crippen molar-refractivity contribution in [3.8, 4) is 0 Å². The zero-order valence-corrected chi connectivity index (χ0v) is 18.9. The number of furan rings is 1. The van der Waals surface area contributed by atoms with Gasteiger partial charge in [0.05, 0.1) is 25.5 Å². The van der Waals surface area contributed by atoms with E-state index in [0.29, 0.717) is 11.5 Å². The molecule has 0 amide bonds. The largest absolute Gasteiger partial charge is 0.477 e. The number of nitrogens with zero attached hydrogens (tertiary/aromatic N) is 2. The predicted molar refractivity (Wildman–Crippen MR) is 122 cm³/mol. The van der Waals surface area contributed by atoms with Crippen molar-refractivity contribution in [2.24, 2.45) is 10.7 Å². The van der Waals surface area contributed by atoms with Crippen LogP contribution in [0.25, 0.3) is 11.0 Å². The summed E-state index contributed by atoms with van der Waals surface area (Å²) in [5.74, 6) is 0.332. The quantitative estimate of drug-likeness (QED) is 0.472. The number of aliphatic imine (C=N–C) groups is 1. The monoisotopic (exact) mass is 480 g/mol. The molecule has 0 spiro atoms. The van der Waals surface area contributed by atoms with E-state index in [1.807, 2.05) is 6.07 Å². The van der Waals surface area contributed by atoms with E-state index in [2.05, 4.69) is 32.8 Å². The maximum absolute atomic E-state index is 11.8. The third kappa shape index (κ3) is 5.09. The number of nitrogens with two attached hydrogens (primary N) is 1. The lowest BCUT2D eigenvalue weighted by molar-refractivity contribution is -0.131. The summed E-state index contributed by atoms with van der Waals surface area (Å²) in [6.45, 7) is 4.55. The number of carboxylic acids is 1. The molecule has 1 fully saturated rings. The lowest BCUT2D eigenvalue weighted by atomic mass is 10.1. The molecule has 0 atom stereocenters. The normalized spacial score (nSPS) is 20.2. The van der Waals surface area contributed by atoms with Gasteiger partial charge in [0.1, 0.15) is 17.0 Å². The number of aliphatic carboxylic acids is 1. The van der Waals surface area contributed by atoms with Crippen LogP contribution in [0.15, 0.2) is 44.3 Å². The van der Waals surface area contributed by atoms with Gasteiger partial charge >= 0.3 is 5.97 Å². The fourth-order valence-electron chi connectivity index (χ4n) is 3.55. The fourth-order valence-corrected chi connectivity index (χ4v) is 5.40. The highest BCUT2D eigenvalue weighted by molar-refractivity contribution is 7.98. The molecule has 3 heterocycles. The molecule has 2 aromatic rings. The van der Waals surface area contributed by atoms with Crippen LogP contribution in [0.3, 0.4) is 0 Å². The molecule has 0 aliphatic carbocycles. The number of benzene rings is 1. The van der Waals surface area contributed by atoms with E-state index >= 15 is 0 Å². The van der Waals surface area contributed by atoms with Crippen LogP contribution in [-0.4, -0.2) is 68.8 Å². The molecule has 2 aliphatic heterocycles. The number of hydrogen-bond donors (Lipinski definition) is 3. The van der Waals surface area contributed by atoms with Gasteiger partial charge in [0.25, 0.3) is 10.0 Å². The van der Waals surface area contributed by atoms with E-state index in [9.17, 15) is 13.2 Å². The Morgan fingerprint density at radius 3 is 2.78 bits per heavy atom. The van der Waals surface area contributed by atoms with Crippen LogP contribution < -0.4 is 10.5 Å². The molecule has 0 unspecified atom stereocenters. The molecule has 0 saturated carbocycles. The molecule has 1 saturated heterocycles. The maximum Gasteiger partial charge on any atom is 0.351 e. The fraction of sp³-hybridized carbons (Fsp3) is 0.400. The third-order valence-corrected chi connectivity index (χ3v) is 7.44. The Kier molecular flexibility index (Phi) is 6.74. The highest BCUT2D eigenvalue weighted by Gasteiger charge is 2.37. The van der Waals surface area contributed by atoms with Gasteiger partial charge in [-0.05, 0) is 17.7 Å². The molecule has 172 valence electrons. The topological polar surface area (TPSA) is 147 Å². The second-order valence-electron chi connectivity index (χ2n) is 7.41. The van der Waals surface area contributed by atoms with E-state index in [1.165, 1.54) is 5.56 Å². The summed E-state index contributed by atoms with van der Waals surface area (Å²) in [5, 5.41) is 10.0. The molecule has 0 radical (unpaired) electrons. The first-order valence-electron chi connectivity index (χ1n) is 10.0. The van der Waals surface area contributed by atoms with Gasteiger partial charge in [0.2, 0.25) is 0 Å². The third-order valence-electron chi connectivity index (χ3n) is 5.09. The molecule has 10 nitrogen and oxygen atoms in total. The second-order valence-corrected chi connectivity index (χ2v) is 10.1. The van der Waals surface area contributed by atoms with Crippen molar-refractivity contribution < 1.29 is 27.5 Å². The van der Waals surface area contributed by atoms with Gasteiger partial charge in [-0.1, -0.05) is 12.1 Å². The number of sulfonamides is 1. The first kappa shape index (κ1) is 22.6. The van der Waals surface area contributed by atoms with Crippen molar-refractivity contribution in [2.45, 2.75) is 12.3 Å². The summed E-state index contributed by atoms with van der Waals surface area (Å²) in [6.07, 6.45) is 0. The number of carboxylic acid groups (broad SMARTS) is 1. The van der Waals surface area contributed by atoms with Gasteiger partial charge in [0, 0.05) is 30.8 Å². The van der Waals surface area contributed by atoms with Crippen LogP contribution in [0.2, 0.25) is 0 Å². The van der Waals surface area contributed by atoms with Crippen LogP contribution in [-0.2, 0) is 31.9 Å². The number of fused-ring (bicyclic) bond motifs is 1. The maximum atomic E-state index is 11.8. The van der Waals surface area contributed by atoms with Crippen LogP contribution in [0.1, 0.15) is 11.3 Å². The number of morpholine rings is 1. The van der Waals surface area contributed by atoms with Gasteiger partial charge in [-0.15, -0.1) is 0 Å². The molecule has 4 N–H and O–H groups in total. The number of carbonyl (C=O) groups is 1. The number of rotatable bonds is 8. The van der Waals surface area contributed by atoms with Crippen molar-refractivity contribution >= 4 is 44.6 Å². The molecule has 32 heavy (non-hydrogen) atoms. The Balaban J connectivity index is 1.30. The van der Waals surface area contributed by atoms with E-state index in [1.54, 1.807) is 11.8 Å². The van der Waals surface area contributed by atoms with Crippen molar-refractivity contribution in [3.05, 3.63) is 46.2 Å². The van der Waals surface area contributed by atoms with Gasteiger partial charge in [-0.25, -0.2) is 13.2 Å². The molecule has 0 bridgehead atoms. The minimum atomic E-state index is -4.16. The molecule has 4 rings (SSSR count). The summed E-state index contributed by atoms with van der Waals surface area (Å²) in [6, 6.07) is 8.27. The standard InChI is InChI=1S/C20H24N4O6S2/c21-17-18(20(25)26)32(27,28)23-19(17)22-3-8-31-12-15-10-14-2-1-13(9-16(14)30-15)11-24-4-6-29-7-5-24/h1-2,9-10H,3-8,11-12,21H2,(H,22,23)(H,25,26). The number of thioether (sulfide) groups is 1. The van der Waals surface area contributed by atoms with Crippen LogP contribution in [0, 0.1) is 0 Å². The lowest BCUT2D eigenvalue weighted by Crippen LogP contribution is -2.35. The number of amidine groups is 1. The molecule has 2 aliphatic rings. The molecule has 1 aromatic carbocycles. The van der Waals surface area contributed by atoms with E-state index in [4.69, 9.17) is 20.0 Å². The van der Waals surface area contributed by atoms with Crippen molar-refractivity contribution in [1.29, 1.82) is 0 Å². The van der Waals surface area contributed by atoms with E-state index in [-0.39, 0.29) is 18.1 Å². The van der Waals surface area contributed by atoms with Crippen molar-refractivity contribution in [2.75, 3.05) is 38.6 Å². The van der Waals surface area contributed by atoms with Crippen molar-refractivity contribution in [1.82, 2.24) is 9.62 Å². The second kappa shape index (κ2) is 9.53. The smallest absolute Gasteiger partial charge is 0.351 e. The highest BCUT2D eigenvalue weighted by Crippen LogP contribution is 2.24. The van der Waals surface area contributed by atoms with Gasteiger partial charge in [-0.2, -0.15) is 11.8 Å². The Labute approximate surface area is 189 Å². The number of ether oxygens (including phenoxy) is 1. The Bertz CT molecular complexity index is 1180. The molecular formula is C20H24N4O6S2. The Morgan fingerprint density at radius 2 is 2.06 bits per heavy atom. The predicted octanol–water partition coefficient (Wildman–Crippen LogP) is 1.08. The van der Waals surface area contributed by atoms with Gasteiger partial charge in [0.15, 0.2) is 10.7 Å². The van der Waals surface area contributed by atoms with E-state index < -0.39 is 20.9 Å². The lowest BCUT2D eigenvalue weighted by Gasteiger charge is -2.26. The molecule has 1 aromatic heterocycles. The van der Waals surface area contributed by atoms with Crippen LogP contribution in [0.5, 0.6) is 0 Å². The molecular weight excluding hydrogens is 456 g/mol. The Hall–Kier alpha value is -2.54. The zero-order valence-electron chi connectivity index (χ0n) is 17.2. The van der Waals surface area contributed by atoms with E-state index in [0.717, 1.165) is 49.6 Å². The SMILES string of the molecule is NC1=C(C(=O)O)S(=O)(=O)NC1=NCCSCc1cc2ccc(CN3CCOCC3)cc2o1. The van der Waals surface area contributed by atoms with Crippen LogP contribution in [0.4, 0.5) is 0 Å². The average Bonchev–Trinajstić information content (AvgIpc) is 3.24. The summed E-state index contributed by atoms with van der Waals surface area (Å²) >= 11 is 1.57. The van der Waals surface area contributed by atoms with Gasteiger partial charge in [-0.3, -0.25) is 14.6 Å². The summed E-state index contributed by atoms with van der Waals surface area (Å²) in [5.41, 5.74) is 7.30. The highest BCUT2D eigenvalue weighted by atomic mass is 32.2. The molecule has 12 heteroatoms. The summed E-state index contributed by atoms with van der Waals surface area (Å²) in [4.78, 5) is 16.7. The number of hydrogen-bond acceptors (Lipinski definition) is 9. The van der Waals surface area contributed by atoms with Crippen molar-refractivity contribution in [3.63, 3.8) is 0 Å². The summed E-state index contributed by atoms with van der Waals surface area (Å²) < 4.78 is 37.0. The zero-order chi connectivity index (χ0) is 22.7. The first-order valence-corrected chi connectivity index (χ1v) is 12.7.